The van der Waals surface area contributed by atoms with E-state index in [2.05, 4.69) is 180 Å². The molecule has 2 N–H and O–H groups in total. The molecule has 0 radical (unpaired) electrons. The Morgan fingerprint density at radius 2 is 0.934 bits per heavy atom. The van der Waals surface area contributed by atoms with Crippen molar-refractivity contribution >= 4 is 81.5 Å². The molecular weight excluding hydrogens is 914 g/mol. The molecule has 8 aromatic rings. The number of fused-ring (bicyclic) bond motifs is 2. The third-order valence-electron chi connectivity index (χ3n) is 9.93. The summed E-state index contributed by atoms with van der Waals surface area (Å²) >= 11 is 1.82. The molecule has 9 rings (SSSR count). The van der Waals surface area contributed by atoms with Crippen LogP contribution in [0.15, 0.2) is 194 Å². The molecule has 1 aliphatic rings. The second kappa shape index (κ2) is 25.0. The molecule has 0 aliphatic heterocycles. The summed E-state index contributed by atoms with van der Waals surface area (Å²) in [5, 5.41) is 12.2. The Morgan fingerprint density at radius 3 is 1.38 bits per heavy atom. The maximum atomic E-state index is 9.75. The van der Waals surface area contributed by atoms with Crippen LogP contribution in [0.5, 0.6) is 0 Å². The van der Waals surface area contributed by atoms with Crippen LogP contribution in [0.2, 0.25) is 0 Å². The van der Waals surface area contributed by atoms with Gasteiger partial charge >= 0.3 is 34.3 Å². The first-order valence-electron chi connectivity index (χ1n) is 19.9. The third-order valence-corrected chi connectivity index (χ3v) is 14.0. The number of hydrogen-bond donors (Lipinski definition) is 0. The molecule has 314 valence electrons. The van der Waals surface area contributed by atoms with Crippen LogP contribution in [-0.4, -0.2) is 19.3 Å². The molecule has 1 aliphatic carbocycles. The van der Waals surface area contributed by atoms with Crippen molar-refractivity contribution in [2.75, 3.05) is 0 Å². The van der Waals surface area contributed by atoms with Gasteiger partial charge in [0.25, 0.3) is 0 Å². The van der Waals surface area contributed by atoms with Gasteiger partial charge in [-0.15, -0.1) is 0 Å². The summed E-state index contributed by atoms with van der Waals surface area (Å²) in [6, 6.07) is 72.7. The summed E-state index contributed by atoms with van der Waals surface area (Å²) in [5.74, 6) is 0. The van der Waals surface area contributed by atoms with E-state index in [0.29, 0.717) is 8.58 Å². The van der Waals surface area contributed by atoms with Gasteiger partial charge in [-0.3, -0.25) is 0 Å². The van der Waals surface area contributed by atoms with Crippen molar-refractivity contribution in [3.63, 3.8) is 0 Å². The van der Waals surface area contributed by atoms with Gasteiger partial charge in [-0.25, -0.2) is 0 Å². The Labute approximate surface area is 374 Å². The average molecular weight is 960 g/mol. The third kappa shape index (κ3) is 14.7. The van der Waals surface area contributed by atoms with Gasteiger partial charge in [-0.2, -0.15) is 48.5 Å². The summed E-state index contributed by atoms with van der Waals surface area (Å²) < 4.78 is 39.0. The monoisotopic (exact) mass is 960 g/mol. The maximum Gasteiger partial charge on any atom is 0.110 e. The zero-order chi connectivity index (χ0) is 43.5. The molecular formula is C50H46BClF4N2P2Ru-2. The second-order valence-corrected chi connectivity index (χ2v) is 17.9. The van der Waals surface area contributed by atoms with Crippen molar-refractivity contribution in [3.05, 3.63) is 212 Å². The van der Waals surface area contributed by atoms with E-state index in [9.17, 15) is 17.3 Å². The molecule has 0 aromatic heterocycles. The van der Waals surface area contributed by atoms with Crippen molar-refractivity contribution in [2.45, 2.75) is 37.8 Å². The van der Waals surface area contributed by atoms with Gasteiger partial charge in [-0.1, -0.05) is 168 Å². The van der Waals surface area contributed by atoms with E-state index in [1.54, 1.807) is 0 Å². The first kappa shape index (κ1) is 47.8. The molecule has 0 saturated heterocycles. The van der Waals surface area contributed by atoms with Crippen molar-refractivity contribution in [3.8, 4) is 11.1 Å². The molecule has 3 atom stereocenters. The Bertz CT molecular complexity index is 2410. The van der Waals surface area contributed by atoms with E-state index in [4.69, 9.17) is 11.5 Å². The van der Waals surface area contributed by atoms with Gasteiger partial charge < -0.3 is 28.7 Å². The number of rotatable bonds is 6. The van der Waals surface area contributed by atoms with E-state index >= 15 is 0 Å². The SMILES string of the molecule is F[B-](F)(F)F.[Cl][Ru+].[NH-]C1CCCCC1[NH-].[c-]1ccccc1.c1ccc(Pc2ccc3ccccc3c2-c2c([PH+](c3ccccc3)c3ccccc3)ccc3ccccc23)cc1. The van der Waals surface area contributed by atoms with Gasteiger partial charge in [0.15, 0.2) is 0 Å². The minimum atomic E-state index is -6.00. The Kier molecular flexibility index (Phi) is 19.6. The molecule has 0 amide bonds. The fourth-order valence-corrected chi connectivity index (χ4v) is 11.2. The fraction of sp³-hybridized carbons (Fsp3) is 0.120. The largest absolute Gasteiger partial charge is 0.676 e. The van der Waals surface area contributed by atoms with Crippen LogP contribution in [0.1, 0.15) is 25.7 Å². The van der Waals surface area contributed by atoms with Crippen LogP contribution >= 0.6 is 26.2 Å². The van der Waals surface area contributed by atoms with Crippen LogP contribution < -0.4 is 26.5 Å². The molecule has 61 heavy (non-hydrogen) atoms. The number of halogens is 5. The van der Waals surface area contributed by atoms with Crippen molar-refractivity contribution in [1.29, 1.82) is 0 Å². The van der Waals surface area contributed by atoms with Gasteiger partial charge in [0.05, 0.1) is 7.92 Å². The predicted octanol–water partition coefficient (Wildman–Crippen LogP) is 13.7. The molecule has 11 heteroatoms. The smallest absolute Gasteiger partial charge is 0.110 e. The molecule has 2 nitrogen and oxygen atoms in total. The maximum absolute atomic E-state index is 9.75. The van der Waals surface area contributed by atoms with Gasteiger partial charge in [0.1, 0.15) is 15.9 Å². The van der Waals surface area contributed by atoms with Crippen molar-refractivity contribution in [2.24, 2.45) is 0 Å². The van der Waals surface area contributed by atoms with E-state index in [-0.39, 0.29) is 12.1 Å². The van der Waals surface area contributed by atoms with Crippen molar-refractivity contribution < 1.29 is 34.6 Å². The first-order chi connectivity index (χ1) is 29.7. The van der Waals surface area contributed by atoms with Crippen LogP contribution in [0.3, 0.4) is 0 Å². The molecule has 1 fully saturated rings. The Balaban J connectivity index is 0.000000275. The minimum Gasteiger partial charge on any atom is -0.676 e. The second-order valence-electron chi connectivity index (χ2n) is 14.1. The molecule has 0 heterocycles. The standard InChI is InChI=1S/C38H28P2.C6H12N2.C6H5.BF4.ClH.Ru/c1-4-16-30(17-5-1)39-35-26-24-28-14-10-12-22-33(28)37(35)38-34-23-13-11-15-29(34)25-27-36(38)40(31-18-6-2-7-19-31)32-20-8-3-9-21-32;7-5-3-1-2-4-6(5)8;1-2-4-6-5-3-1;2-1(3,4)5;;/h1-27,39H;5-8H,1-4H2;1-5H;;1H;/q;-2;2*-1;;+2. The predicted molar refractivity (Wildman–Crippen MR) is 257 cm³/mol. The fourth-order valence-electron chi connectivity index (χ4n) is 7.23. The summed E-state index contributed by atoms with van der Waals surface area (Å²) in [5.41, 5.74) is 17.3. The number of benzene rings is 8. The van der Waals surface area contributed by atoms with Gasteiger partial charge in [0.2, 0.25) is 0 Å². The average Bonchev–Trinajstić information content (AvgIpc) is 3.30. The molecule has 8 aromatic carbocycles. The summed E-state index contributed by atoms with van der Waals surface area (Å²) in [7, 11) is -2.16. The molecule has 1 saturated carbocycles. The number of hydrogen-bond acceptors (Lipinski definition) is 0. The van der Waals surface area contributed by atoms with Crippen molar-refractivity contribution in [1.82, 2.24) is 0 Å². The topological polar surface area (TPSA) is 47.6 Å². The number of nitrogens with one attached hydrogen (secondary N) is 2. The summed E-state index contributed by atoms with van der Waals surface area (Å²) in [6.07, 6.45) is 4.25. The Hall–Kier alpha value is -4.24. The van der Waals surface area contributed by atoms with Gasteiger partial charge in [-0.05, 0) is 62.5 Å². The Morgan fingerprint density at radius 1 is 0.525 bits per heavy atom. The van der Waals surface area contributed by atoms with Crippen LogP contribution in [-0.2, 0) is 17.3 Å². The van der Waals surface area contributed by atoms with E-state index < -0.39 is 15.2 Å². The normalized spacial score (nSPS) is 14.7. The molecule has 0 bridgehead atoms. The van der Waals surface area contributed by atoms with E-state index in [1.165, 1.54) is 72.0 Å². The summed E-state index contributed by atoms with van der Waals surface area (Å²) in [6.45, 7) is 0. The zero-order valence-corrected chi connectivity index (χ0v) is 37.8. The van der Waals surface area contributed by atoms with Crippen LogP contribution in [0.4, 0.5) is 17.3 Å². The van der Waals surface area contributed by atoms with Gasteiger partial charge in [0, 0.05) is 11.1 Å². The molecule has 3 unspecified atom stereocenters. The summed E-state index contributed by atoms with van der Waals surface area (Å²) in [4.78, 5) is 0. The first-order valence-corrected chi connectivity index (χ1v) is 24.6. The van der Waals surface area contributed by atoms with Crippen LogP contribution in [0, 0.1) is 6.07 Å². The quantitative estimate of drug-likeness (QED) is 0.0690. The van der Waals surface area contributed by atoms with E-state index in [0.717, 1.165) is 12.8 Å². The zero-order valence-electron chi connectivity index (χ0n) is 33.3. The van der Waals surface area contributed by atoms with Crippen LogP contribution in [0.25, 0.3) is 44.1 Å². The molecule has 0 spiro atoms. The van der Waals surface area contributed by atoms with E-state index in [1.807, 2.05) is 47.6 Å². The minimum absolute atomic E-state index is 0.0799.